The molecule has 0 amide bonds. The zero-order valence-electron chi connectivity index (χ0n) is 12.4. The van der Waals surface area contributed by atoms with Crippen molar-refractivity contribution in [3.05, 3.63) is 27.8 Å². The van der Waals surface area contributed by atoms with Gasteiger partial charge in [0, 0.05) is 35.4 Å². The van der Waals surface area contributed by atoms with Gasteiger partial charge in [-0.05, 0) is 61.6 Å². The van der Waals surface area contributed by atoms with Gasteiger partial charge < -0.3 is 15.0 Å². The van der Waals surface area contributed by atoms with Crippen LogP contribution in [0.5, 0.6) is 0 Å². The summed E-state index contributed by atoms with van der Waals surface area (Å²) in [6, 6.07) is 8.69. The van der Waals surface area contributed by atoms with Crippen molar-refractivity contribution in [3.8, 4) is 0 Å². The van der Waals surface area contributed by atoms with Crippen LogP contribution >= 0.6 is 22.6 Å². The van der Waals surface area contributed by atoms with Crippen molar-refractivity contribution in [1.82, 2.24) is 5.32 Å². The van der Waals surface area contributed by atoms with E-state index in [0.29, 0.717) is 6.47 Å². The Balaban J connectivity index is 0.000000246. The molecule has 1 aliphatic rings. The number of anilines is 1. The molecule has 1 fully saturated rings. The molecule has 0 radical (unpaired) electrons. The van der Waals surface area contributed by atoms with Crippen molar-refractivity contribution in [2.24, 2.45) is 0 Å². The fraction of sp³-hybridized carbons (Fsp3) is 0.533. The van der Waals surface area contributed by atoms with Crippen molar-refractivity contribution < 1.29 is 9.53 Å². The number of ether oxygens (including phenoxy) is 1. The molecule has 5 heteroatoms. The number of halogens is 1. The fourth-order valence-electron chi connectivity index (χ4n) is 1.74. The van der Waals surface area contributed by atoms with Crippen LogP contribution in [0.2, 0.25) is 0 Å². The molecule has 20 heavy (non-hydrogen) atoms. The highest BCUT2D eigenvalue weighted by Crippen LogP contribution is 2.17. The summed E-state index contributed by atoms with van der Waals surface area (Å²) < 4.78 is 5.86. The largest absolute Gasteiger partial charge is 0.462 e. The van der Waals surface area contributed by atoms with Gasteiger partial charge >= 0.3 is 0 Å². The molecule has 0 unspecified atom stereocenters. The molecule has 4 nitrogen and oxygen atoms in total. The Morgan fingerprint density at radius 2 is 1.95 bits per heavy atom. The smallest absolute Gasteiger partial charge is 0.293 e. The number of hydrogen-bond acceptors (Lipinski definition) is 4. The normalized spacial score (nSPS) is 15.1. The van der Waals surface area contributed by atoms with Crippen LogP contribution in [0.15, 0.2) is 24.3 Å². The first kappa shape index (κ1) is 17.2. The predicted octanol–water partition coefficient (Wildman–Crippen LogP) is 2.66. The van der Waals surface area contributed by atoms with Gasteiger partial charge in [-0.25, -0.2) is 0 Å². The minimum atomic E-state index is -0.318. The first-order valence-electron chi connectivity index (χ1n) is 6.75. The van der Waals surface area contributed by atoms with Gasteiger partial charge in [-0.2, -0.15) is 0 Å². The van der Waals surface area contributed by atoms with Crippen molar-refractivity contribution in [1.29, 1.82) is 0 Å². The lowest BCUT2D eigenvalue weighted by molar-refractivity contribution is -0.138. The van der Waals surface area contributed by atoms with E-state index in [2.05, 4.69) is 61.8 Å². The fourth-order valence-corrected chi connectivity index (χ4v) is 2.27. The molecule has 0 atom stereocenters. The predicted molar refractivity (Wildman–Crippen MR) is 91.1 cm³/mol. The summed E-state index contributed by atoms with van der Waals surface area (Å²) >= 11 is 2.36. The Hall–Kier alpha value is -0.820. The maximum Gasteiger partial charge on any atom is 0.293 e. The molecule has 1 saturated heterocycles. The van der Waals surface area contributed by atoms with Crippen LogP contribution in [0.1, 0.15) is 20.8 Å². The number of hydrogen-bond donors (Lipinski definition) is 1. The monoisotopic (exact) mass is 390 g/mol. The van der Waals surface area contributed by atoms with E-state index in [1.807, 2.05) is 20.8 Å². The number of benzene rings is 1. The third-order valence-electron chi connectivity index (χ3n) is 2.69. The van der Waals surface area contributed by atoms with Crippen LogP contribution < -0.4 is 10.2 Å². The van der Waals surface area contributed by atoms with Gasteiger partial charge in [0.2, 0.25) is 0 Å². The first-order valence-corrected chi connectivity index (χ1v) is 7.83. The number of carbonyl (C=O) groups excluding carboxylic acids is 1. The lowest BCUT2D eigenvalue weighted by atomic mass is 10.2. The molecular formula is C15H23IN2O2. The molecule has 1 aromatic rings. The highest BCUT2D eigenvalue weighted by molar-refractivity contribution is 14.1. The summed E-state index contributed by atoms with van der Waals surface area (Å²) in [4.78, 5) is 12.0. The summed E-state index contributed by atoms with van der Waals surface area (Å²) in [5.74, 6) is 0. The quantitative estimate of drug-likeness (QED) is 0.623. The van der Waals surface area contributed by atoms with Gasteiger partial charge in [0.25, 0.3) is 6.47 Å². The van der Waals surface area contributed by atoms with Crippen LogP contribution in [0.4, 0.5) is 5.69 Å². The molecule has 1 heterocycles. The van der Waals surface area contributed by atoms with E-state index in [0.717, 1.165) is 26.2 Å². The van der Waals surface area contributed by atoms with Gasteiger partial charge in [0.15, 0.2) is 0 Å². The van der Waals surface area contributed by atoms with Gasteiger partial charge in [0.05, 0.1) is 0 Å². The Morgan fingerprint density at radius 1 is 1.30 bits per heavy atom. The van der Waals surface area contributed by atoms with E-state index in [1.165, 1.54) is 9.26 Å². The molecule has 0 bridgehead atoms. The average Bonchev–Trinajstić information content (AvgIpc) is 2.39. The standard InChI is InChI=1S/C10H13IN2.C5H10O2/c11-9-2-1-3-10(8-9)13-6-4-12-5-7-13;1-5(2,3)7-4-6/h1-3,8,12H,4-7H2;4H,1-3H3. The number of nitrogens with zero attached hydrogens (tertiary/aromatic N) is 1. The SMILES string of the molecule is CC(C)(C)OC=O.Ic1cccc(N2CCNCC2)c1. The first-order chi connectivity index (χ1) is 9.42. The van der Waals surface area contributed by atoms with Gasteiger partial charge in [-0.1, -0.05) is 6.07 Å². The second-order valence-corrected chi connectivity index (χ2v) is 6.79. The molecular weight excluding hydrogens is 367 g/mol. The van der Waals surface area contributed by atoms with Crippen LogP contribution in [-0.4, -0.2) is 38.3 Å². The second kappa shape index (κ2) is 8.46. The second-order valence-electron chi connectivity index (χ2n) is 5.54. The third kappa shape index (κ3) is 7.09. The molecule has 2 rings (SSSR count). The molecule has 0 aromatic heterocycles. The molecule has 1 aromatic carbocycles. The molecule has 112 valence electrons. The summed E-state index contributed by atoms with van der Waals surface area (Å²) in [6.45, 7) is 10.4. The zero-order valence-corrected chi connectivity index (χ0v) is 14.5. The summed E-state index contributed by atoms with van der Waals surface area (Å²) in [6.07, 6.45) is 0. The van der Waals surface area contributed by atoms with Gasteiger partial charge in [0.1, 0.15) is 5.60 Å². The molecule has 1 aliphatic heterocycles. The Labute approximate surface area is 135 Å². The lowest BCUT2D eigenvalue weighted by Crippen LogP contribution is -2.43. The Morgan fingerprint density at radius 3 is 2.40 bits per heavy atom. The van der Waals surface area contributed by atoms with Crippen molar-refractivity contribution in [2.45, 2.75) is 26.4 Å². The number of rotatable bonds is 2. The minimum Gasteiger partial charge on any atom is -0.462 e. The topological polar surface area (TPSA) is 41.6 Å². The van der Waals surface area contributed by atoms with Crippen molar-refractivity contribution >= 4 is 34.8 Å². The van der Waals surface area contributed by atoms with Gasteiger partial charge in [-0.15, -0.1) is 0 Å². The van der Waals surface area contributed by atoms with Crippen LogP contribution in [-0.2, 0) is 9.53 Å². The summed E-state index contributed by atoms with van der Waals surface area (Å²) in [7, 11) is 0. The molecule has 0 saturated carbocycles. The van der Waals surface area contributed by atoms with Crippen molar-refractivity contribution in [2.75, 3.05) is 31.1 Å². The number of piperazine rings is 1. The van der Waals surface area contributed by atoms with Crippen LogP contribution in [0.25, 0.3) is 0 Å². The minimum absolute atomic E-state index is 0.318. The molecule has 1 N–H and O–H groups in total. The van der Waals surface area contributed by atoms with E-state index < -0.39 is 0 Å². The van der Waals surface area contributed by atoms with E-state index in [9.17, 15) is 4.79 Å². The number of carbonyl (C=O) groups is 1. The maximum atomic E-state index is 9.60. The van der Waals surface area contributed by atoms with E-state index in [1.54, 1.807) is 0 Å². The van der Waals surface area contributed by atoms with E-state index >= 15 is 0 Å². The van der Waals surface area contributed by atoms with Gasteiger partial charge in [-0.3, -0.25) is 4.79 Å². The average molecular weight is 390 g/mol. The number of nitrogens with one attached hydrogen (secondary N) is 1. The highest BCUT2D eigenvalue weighted by atomic mass is 127. The lowest BCUT2D eigenvalue weighted by Gasteiger charge is -2.29. The van der Waals surface area contributed by atoms with Crippen LogP contribution in [0, 0.1) is 3.57 Å². The van der Waals surface area contributed by atoms with E-state index in [-0.39, 0.29) is 5.60 Å². The zero-order chi connectivity index (χ0) is 15.0. The maximum absolute atomic E-state index is 9.60. The Kier molecular flexibility index (Phi) is 7.29. The highest BCUT2D eigenvalue weighted by Gasteiger charge is 2.09. The molecule has 0 spiro atoms. The van der Waals surface area contributed by atoms with Crippen LogP contribution in [0.3, 0.4) is 0 Å². The summed E-state index contributed by atoms with van der Waals surface area (Å²) in [5.41, 5.74) is 1.04. The van der Waals surface area contributed by atoms with E-state index in [4.69, 9.17) is 0 Å². The Bertz CT molecular complexity index is 413. The third-order valence-corrected chi connectivity index (χ3v) is 3.36. The summed E-state index contributed by atoms with van der Waals surface area (Å²) in [5, 5.41) is 3.36. The van der Waals surface area contributed by atoms with Crippen molar-refractivity contribution in [3.63, 3.8) is 0 Å². The molecule has 0 aliphatic carbocycles.